The number of para-hydroxylation sites is 1. The number of fused-ring (bicyclic) bond motifs is 1. The quantitative estimate of drug-likeness (QED) is 0.498. The number of nitrogens with one attached hydrogen (secondary N) is 1. The van der Waals surface area contributed by atoms with Crippen LogP contribution in [0.5, 0.6) is 0 Å². The predicted octanol–water partition coefficient (Wildman–Crippen LogP) is 3.39. The van der Waals surface area contributed by atoms with E-state index in [0.717, 1.165) is 5.08 Å². The van der Waals surface area contributed by atoms with E-state index in [4.69, 9.17) is 5.26 Å². The van der Waals surface area contributed by atoms with Crippen LogP contribution in [0.2, 0.25) is 0 Å². The molecule has 2 rings (SSSR count). The van der Waals surface area contributed by atoms with Gasteiger partial charge in [0.2, 0.25) is 0 Å². The van der Waals surface area contributed by atoms with Crippen LogP contribution in [-0.4, -0.2) is 9.79 Å². The fourth-order valence-electron chi connectivity index (χ4n) is 1.16. The highest BCUT2D eigenvalue weighted by molar-refractivity contribution is 8.24. The van der Waals surface area contributed by atoms with Gasteiger partial charge in [-0.25, -0.2) is 0 Å². The average Bonchev–Trinajstić information content (AvgIpc) is 2.60. The van der Waals surface area contributed by atoms with E-state index in [1.807, 2.05) is 23.9 Å². The number of nitriles is 1. The molecule has 0 aromatic heterocycles. The summed E-state index contributed by atoms with van der Waals surface area (Å²) in [6.07, 6.45) is 0. The van der Waals surface area contributed by atoms with Crippen molar-refractivity contribution in [2.24, 2.45) is 0 Å². The van der Waals surface area contributed by atoms with Crippen LogP contribution in [0, 0.1) is 10.7 Å². The molecule has 1 aromatic carbocycles. The normalized spacial score (nSPS) is 18.4. The largest absolute Gasteiger partial charge is 0.364 e. The number of thiocyanates is 1. The molecule has 0 spiro atoms. The zero-order chi connectivity index (χ0) is 9.80. The molecule has 1 N–H and O–H groups in total. The Hall–Kier alpha value is -0.440. The van der Waals surface area contributed by atoms with Crippen molar-refractivity contribution < 1.29 is 0 Å². The second-order valence-electron chi connectivity index (χ2n) is 2.61. The summed E-state index contributed by atoms with van der Waals surface area (Å²) in [6.45, 7) is 0. The first kappa shape index (κ1) is 10.1. The van der Waals surface area contributed by atoms with Crippen molar-refractivity contribution >= 4 is 41.0 Å². The maximum Gasteiger partial charge on any atom is 0.134 e. The van der Waals surface area contributed by atoms with E-state index in [0.29, 0.717) is 4.71 Å². The summed E-state index contributed by atoms with van der Waals surface area (Å²) in [6, 6.07) is 8.28. The Kier molecular flexibility index (Phi) is 3.51. The first-order valence-corrected chi connectivity index (χ1v) is 6.96. The molecule has 1 unspecified atom stereocenters. The topological polar surface area (TPSA) is 35.8 Å². The minimum Gasteiger partial charge on any atom is -0.364 e. The zero-order valence-electron chi connectivity index (χ0n) is 7.27. The molecule has 72 valence electrons. The van der Waals surface area contributed by atoms with Crippen molar-refractivity contribution in [3.8, 4) is 5.40 Å². The van der Waals surface area contributed by atoms with Gasteiger partial charge in [0.05, 0.1) is 5.08 Å². The maximum atomic E-state index is 8.39. The van der Waals surface area contributed by atoms with Gasteiger partial charge in [-0.15, -0.1) is 11.8 Å². The van der Waals surface area contributed by atoms with Gasteiger partial charge in [0.25, 0.3) is 0 Å². The Morgan fingerprint density at radius 2 is 2.36 bits per heavy atom. The summed E-state index contributed by atoms with van der Waals surface area (Å²) in [5.41, 5.74) is 1.21. The lowest BCUT2D eigenvalue weighted by molar-refractivity contribution is 1.39. The Morgan fingerprint density at radius 3 is 3.14 bits per heavy atom. The summed E-state index contributed by atoms with van der Waals surface area (Å²) >= 11 is 4.86. The minimum atomic E-state index is 0.355. The van der Waals surface area contributed by atoms with E-state index < -0.39 is 0 Å². The highest BCUT2D eigenvalue weighted by atomic mass is 32.2. The lowest BCUT2D eigenvalue weighted by Gasteiger charge is -2.07. The van der Waals surface area contributed by atoms with Crippen LogP contribution in [0.4, 0.5) is 5.69 Å². The molecule has 1 aliphatic rings. The first-order valence-electron chi connectivity index (χ1n) is 4.05. The molecular weight excluding hydrogens is 232 g/mol. The average molecular weight is 240 g/mol. The molecule has 1 atom stereocenters. The lowest BCUT2D eigenvalue weighted by atomic mass is 10.3. The smallest absolute Gasteiger partial charge is 0.134 e. The summed E-state index contributed by atoms with van der Waals surface area (Å²) in [7, 11) is 0. The van der Waals surface area contributed by atoms with E-state index in [-0.39, 0.29) is 0 Å². The Labute approximate surface area is 95.8 Å². The van der Waals surface area contributed by atoms with Crippen LogP contribution in [0.25, 0.3) is 0 Å². The third kappa shape index (κ3) is 2.32. The third-order valence-electron chi connectivity index (χ3n) is 1.74. The lowest BCUT2D eigenvalue weighted by Crippen LogP contribution is -2.04. The van der Waals surface area contributed by atoms with Gasteiger partial charge < -0.3 is 5.32 Å². The number of thioether (sulfide) groups is 3. The molecule has 2 nitrogen and oxygen atoms in total. The molecule has 0 saturated heterocycles. The van der Waals surface area contributed by atoms with Crippen LogP contribution < -0.4 is 5.32 Å². The number of benzene rings is 1. The van der Waals surface area contributed by atoms with Gasteiger partial charge in [0.1, 0.15) is 10.1 Å². The number of hydrogen-bond donors (Lipinski definition) is 1. The fourth-order valence-corrected chi connectivity index (χ4v) is 4.26. The molecule has 0 aliphatic carbocycles. The van der Waals surface area contributed by atoms with Crippen LogP contribution in [-0.2, 0) is 0 Å². The maximum absolute atomic E-state index is 8.39. The van der Waals surface area contributed by atoms with Gasteiger partial charge >= 0.3 is 0 Å². The van der Waals surface area contributed by atoms with Crippen molar-refractivity contribution in [2.75, 3.05) is 10.4 Å². The molecular formula is C9H8N2S3. The Morgan fingerprint density at radius 1 is 1.50 bits per heavy atom. The second-order valence-corrected chi connectivity index (χ2v) is 6.27. The molecule has 1 heterocycles. The second kappa shape index (κ2) is 4.87. The highest BCUT2D eigenvalue weighted by Gasteiger charge is 2.20. The third-order valence-corrected chi connectivity index (χ3v) is 4.94. The predicted molar refractivity (Wildman–Crippen MR) is 65.4 cm³/mol. The van der Waals surface area contributed by atoms with Gasteiger partial charge in [0.15, 0.2) is 0 Å². The SMILES string of the molecule is N#CSCSC1Nc2ccccc2S1. The van der Waals surface area contributed by atoms with E-state index in [1.165, 1.54) is 22.3 Å². The fraction of sp³-hybridized carbons (Fsp3) is 0.222. The molecule has 0 saturated carbocycles. The van der Waals surface area contributed by atoms with Crippen molar-refractivity contribution in [3.63, 3.8) is 0 Å². The van der Waals surface area contributed by atoms with Crippen molar-refractivity contribution in [1.29, 1.82) is 5.26 Å². The molecule has 14 heavy (non-hydrogen) atoms. The molecule has 1 aliphatic heterocycles. The summed E-state index contributed by atoms with van der Waals surface area (Å²) in [5, 5.41) is 14.7. The number of rotatable bonds is 3. The van der Waals surface area contributed by atoms with E-state index in [2.05, 4.69) is 22.9 Å². The monoisotopic (exact) mass is 240 g/mol. The molecule has 0 amide bonds. The number of anilines is 1. The van der Waals surface area contributed by atoms with E-state index in [1.54, 1.807) is 11.8 Å². The zero-order valence-corrected chi connectivity index (χ0v) is 9.72. The summed E-state index contributed by atoms with van der Waals surface area (Å²) < 4.78 is 0.355. The highest BCUT2D eigenvalue weighted by Crippen LogP contribution is 2.43. The van der Waals surface area contributed by atoms with Gasteiger partial charge in [0, 0.05) is 10.6 Å². The van der Waals surface area contributed by atoms with Crippen molar-refractivity contribution in [3.05, 3.63) is 24.3 Å². The molecule has 1 aromatic rings. The van der Waals surface area contributed by atoms with Crippen LogP contribution in [0.15, 0.2) is 29.2 Å². The van der Waals surface area contributed by atoms with Gasteiger partial charge in [-0.2, -0.15) is 5.26 Å². The van der Waals surface area contributed by atoms with E-state index in [9.17, 15) is 0 Å². The van der Waals surface area contributed by atoms with Gasteiger partial charge in [-0.1, -0.05) is 23.9 Å². The van der Waals surface area contributed by atoms with Crippen molar-refractivity contribution in [2.45, 2.75) is 9.60 Å². The number of nitrogens with zero attached hydrogens (tertiary/aromatic N) is 1. The molecule has 0 fully saturated rings. The van der Waals surface area contributed by atoms with Gasteiger partial charge in [-0.3, -0.25) is 0 Å². The van der Waals surface area contributed by atoms with Crippen LogP contribution in [0.3, 0.4) is 0 Å². The van der Waals surface area contributed by atoms with Crippen molar-refractivity contribution in [1.82, 2.24) is 0 Å². The van der Waals surface area contributed by atoms with Crippen LogP contribution in [0.1, 0.15) is 0 Å². The Bertz CT molecular complexity index is 336. The standard InChI is InChI=1S/C9H8N2S3/c10-5-12-6-13-9-11-7-3-1-2-4-8(7)14-9/h1-4,9,11H,6H2. The summed E-state index contributed by atoms with van der Waals surface area (Å²) in [4.78, 5) is 1.30. The number of hydrogen-bond acceptors (Lipinski definition) is 5. The first-order chi connectivity index (χ1) is 6.90. The van der Waals surface area contributed by atoms with E-state index >= 15 is 0 Å². The molecule has 5 heteroatoms. The Balaban J connectivity index is 1.89. The van der Waals surface area contributed by atoms with Gasteiger partial charge in [-0.05, 0) is 23.9 Å². The van der Waals surface area contributed by atoms with Crippen LogP contribution >= 0.6 is 35.3 Å². The molecule has 0 radical (unpaired) electrons. The minimum absolute atomic E-state index is 0.355. The summed E-state index contributed by atoms with van der Waals surface area (Å²) in [5.74, 6) is 0. The molecule has 0 bridgehead atoms.